The average molecular weight is 234 g/mol. The van der Waals surface area contributed by atoms with Gasteiger partial charge in [-0.15, -0.1) is 0 Å². The Hall–Kier alpha value is -1.02. The van der Waals surface area contributed by atoms with Crippen molar-refractivity contribution in [2.24, 2.45) is 0 Å². The summed E-state index contributed by atoms with van der Waals surface area (Å²) in [5.41, 5.74) is 4.08. The van der Waals surface area contributed by atoms with Crippen molar-refractivity contribution in [2.75, 3.05) is 18.5 Å². The third kappa shape index (κ3) is 4.04. The average Bonchev–Trinajstić information content (AvgIpc) is 2.30. The highest BCUT2D eigenvalue weighted by atomic mass is 15.1. The standard InChI is InChI=1S/C15H26N2/c1-6-9-16-11-14-7-8-15(10-13(14)4)17(5)12(2)3/h7-8,10,12,16H,6,9,11H2,1-5H3. The van der Waals surface area contributed by atoms with Crippen molar-refractivity contribution in [1.29, 1.82) is 0 Å². The smallest absolute Gasteiger partial charge is 0.0368 e. The molecule has 1 rings (SSSR count). The zero-order valence-corrected chi connectivity index (χ0v) is 11.9. The van der Waals surface area contributed by atoms with Gasteiger partial charge in [0.15, 0.2) is 0 Å². The molecule has 0 atom stereocenters. The number of rotatable bonds is 6. The fourth-order valence-corrected chi connectivity index (χ4v) is 1.80. The number of aryl methyl sites for hydroxylation is 1. The van der Waals surface area contributed by atoms with Crippen molar-refractivity contribution < 1.29 is 0 Å². The van der Waals surface area contributed by atoms with E-state index >= 15 is 0 Å². The number of benzene rings is 1. The van der Waals surface area contributed by atoms with Crippen LogP contribution in [0, 0.1) is 6.92 Å². The van der Waals surface area contributed by atoms with E-state index in [1.807, 2.05) is 0 Å². The van der Waals surface area contributed by atoms with Crippen LogP contribution in [-0.2, 0) is 6.54 Å². The molecule has 96 valence electrons. The molecule has 0 radical (unpaired) electrons. The van der Waals surface area contributed by atoms with Gasteiger partial charge in [0.05, 0.1) is 0 Å². The largest absolute Gasteiger partial charge is 0.372 e. The van der Waals surface area contributed by atoms with Crippen LogP contribution in [0.25, 0.3) is 0 Å². The number of hydrogen-bond acceptors (Lipinski definition) is 2. The maximum Gasteiger partial charge on any atom is 0.0368 e. The van der Waals surface area contributed by atoms with Gasteiger partial charge < -0.3 is 10.2 Å². The fourth-order valence-electron chi connectivity index (χ4n) is 1.80. The van der Waals surface area contributed by atoms with Crippen LogP contribution in [0.5, 0.6) is 0 Å². The lowest BCUT2D eigenvalue weighted by atomic mass is 10.1. The summed E-state index contributed by atoms with van der Waals surface area (Å²) < 4.78 is 0. The summed E-state index contributed by atoms with van der Waals surface area (Å²) in [6, 6.07) is 7.28. The van der Waals surface area contributed by atoms with Crippen LogP contribution in [0.2, 0.25) is 0 Å². The van der Waals surface area contributed by atoms with Crippen LogP contribution in [0.4, 0.5) is 5.69 Å². The van der Waals surface area contributed by atoms with Gasteiger partial charge in [0.25, 0.3) is 0 Å². The minimum atomic E-state index is 0.540. The Labute approximate surface area is 106 Å². The Morgan fingerprint density at radius 1 is 1.29 bits per heavy atom. The molecule has 0 aliphatic heterocycles. The molecule has 0 amide bonds. The third-order valence-corrected chi connectivity index (χ3v) is 3.25. The van der Waals surface area contributed by atoms with Gasteiger partial charge in [0.2, 0.25) is 0 Å². The first-order chi connectivity index (χ1) is 8.06. The first kappa shape index (κ1) is 14.0. The van der Waals surface area contributed by atoms with E-state index in [9.17, 15) is 0 Å². The maximum atomic E-state index is 3.45. The fraction of sp³-hybridized carbons (Fsp3) is 0.600. The summed E-state index contributed by atoms with van der Waals surface area (Å²) in [6.07, 6.45) is 1.19. The summed E-state index contributed by atoms with van der Waals surface area (Å²) >= 11 is 0. The number of nitrogens with one attached hydrogen (secondary N) is 1. The second kappa shape index (κ2) is 6.65. The van der Waals surface area contributed by atoms with Crippen LogP contribution >= 0.6 is 0 Å². The van der Waals surface area contributed by atoms with Crippen LogP contribution in [0.1, 0.15) is 38.3 Å². The van der Waals surface area contributed by atoms with Crippen LogP contribution in [-0.4, -0.2) is 19.6 Å². The highest BCUT2D eigenvalue weighted by Crippen LogP contribution is 2.19. The molecule has 1 aromatic rings. The van der Waals surface area contributed by atoms with E-state index in [4.69, 9.17) is 0 Å². The molecule has 0 aliphatic rings. The molecule has 0 spiro atoms. The first-order valence-corrected chi connectivity index (χ1v) is 6.59. The van der Waals surface area contributed by atoms with Crippen molar-refractivity contribution in [2.45, 2.75) is 46.7 Å². The van der Waals surface area contributed by atoms with Crippen LogP contribution in [0.3, 0.4) is 0 Å². The predicted molar refractivity (Wildman–Crippen MR) is 76.7 cm³/mol. The summed E-state index contributed by atoms with van der Waals surface area (Å²) in [5, 5.41) is 3.45. The second-order valence-corrected chi connectivity index (χ2v) is 4.99. The molecular weight excluding hydrogens is 208 g/mol. The predicted octanol–water partition coefficient (Wildman–Crippen LogP) is 3.34. The van der Waals surface area contributed by atoms with E-state index in [1.54, 1.807) is 0 Å². The van der Waals surface area contributed by atoms with Gasteiger partial charge in [0, 0.05) is 25.3 Å². The molecule has 0 unspecified atom stereocenters. The summed E-state index contributed by atoms with van der Waals surface area (Å²) in [7, 11) is 2.15. The Morgan fingerprint density at radius 2 is 2.00 bits per heavy atom. The lowest BCUT2D eigenvalue weighted by Gasteiger charge is -2.24. The quantitative estimate of drug-likeness (QED) is 0.759. The van der Waals surface area contributed by atoms with Crippen LogP contribution in [0.15, 0.2) is 18.2 Å². The van der Waals surface area contributed by atoms with Gasteiger partial charge in [-0.3, -0.25) is 0 Å². The molecule has 0 aromatic heterocycles. The van der Waals surface area contributed by atoms with E-state index in [-0.39, 0.29) is 0 Å². The Balaban J connectivity index is 2.72. The molecule has 0 saturated heterocycles. The molecule has 2 heteroatoms. The normalized spacial score (nSPS) is 10.9. The van der Waals surface area contributed by atoms with Gasteiger partial charge in [-0.2, -0.15) is 0 Å². The topological polar surface area (TPSA) is 15.3 Å². The van der Waals surface area contributed by atoms with E-state index in [2.05, 4.69) is 63.2 Å². The van der Waals surface area contributed by atoms with Crippen LogP contribution < -0.4 is 10.2 Å². The molecule has 1 N–H and O–H groups in total. The number of hydrogen-bond donors (Lipinski definition) is 1. The molecule has 0 heterocycles. The van der Waals surface area contributed by atoms with Crippen molar-refractivity contribution in [1.82, 2.24) is 5.32 Å². The van der Waals surface area contributed by atoms with Gasteiger partial charge in [0.1, 0.15) is 0 Å². The highest BCUT2D eigenvalue weighted by Gasteiger charge is 2.06. The molecule has 0 fully saturated rings. The second-order valence-electron chi connectivity index (χ2n) is 4.99. The van der Waals surface area contributed by atoms with Crippen molar-refractivity contribution in [3.63, 3.8) is 0 Å². The molecule has 2 nitrogen and oxygen atoms in total. The SMILES string of the molecule is CCCNCc1ccc(N(C)C(C)C)cc1C. The van der Waals surface area contributed by atoms with Gasteiger partial charge >= 0.3 is 0 Å². The molecule has 0 saturated carbocycles. The lowest BCUT2D eigenvalue weighted by molar-refractivity contribution is 0.673. The summed E-state index contributed by atoms with van der Waals surface area (Å²) in [6.45, 7) is 10.9. The Bertz CT molecular complexity index is 345. The minimum absolute atomic E-state index is 0.540. The summed E-state index contributed by atoms with van der Waals surface area (Å²) in [4.78, 5) is 2.30. The van der Waals surface area contributed by atoms with Crippen molar-refractivity contribution >= 4 is 5.69 Å². The number of anilines is 1. The van der Waals surface area contributed by atoms with E-state index < -0.39 is 0 Å². The number of nitrogens with zero attached hydrogens (tertiary/aromatic N) is 1. The minimum Gasteiger partial charge on any atom is -0.372 e. The van der Waals surface area contributed by atoms with Crippen molar-refractivity contribution in [3.8, 4) is 0 Å². The molecular formula is C15H26N2. The summed E-state index contributed by atoms with van der Waals surface area (Å²) in [5.74, 6) is 0. The third-order valence-electron chi connectivity index (χ3n) is 3.25. The zero-order chi connectivity index (χ0) is 12.8. The van der Waals surface area contributed by atoms with E-state index in [0.29, 0.717) is 6.04 Å². The maximum absolute atomic E-state index is 3.45. The van der Waals surface area contributed by atoms with E-state index in [1.165, 1.54) is 23.2 Å². The van der Waals surface area contributed by atoms with E-state index in [0.717, 1.165) is 13.1 Å². The zero-order valence-electron chi connectivity index (χ0n) is 11.9. The highest BCUT2D eigenvalue weighted by molar-refractivity contribution is 5.50. The molecule has 0 aliphatic carbocycles. The molecule has 17 heavy (non-hydrogen) atoms. The van der Waals surface area contributed by atoms with Gasteiger partial charge in [-0.1, -0.05) is 13.0 Å². The van der Waals surface area contributed by atoms with Gasteiger partial charge in [-0.25, -0.2) is 0 Å². The lowest BCUT2D eigenvalue weighted by Crippen LogP contribution is -2.25. The first-order valence-electron chi connectivity index (χ1n) is 6.59. The van der Waals surface area contributed by atoms with Crippen molar-refractivity contribution in [3.05, 3.63) is 29.3 Å². The monoisotopic (exact) mass is 234 g/mol. The molecule has 1 aromatic carbocycles. The Kier molecular flexibility index (Phi) is 5.49. The molecule has 0 bridgehead atoms. The Morgan fingerprint density at radius 3 is 2.53 bits per heavy atom. The van der Waals surface area contributed by atoms with Gasteiger partial charge in [-0.05, 0) is 57.0 Å².